The van der Waals surface area contributed by atoms with Crippen LogP contribution in [-0.4, -0.2) is 56.2 Å². The molecule has 1 aliphatic heterocycles. The second-order valence-electron chi connectivity index (χ2n) is 6.08. The largest absolute Gasteiger partial charge is 0.369 e. The van der Waals surface area contributed by atoms with Gasteiger partial charge in [0.2, 0.25) is 10.0 Å². The molecule has 24 heavy (non-hydrogen) atoms. The molecule has 0 spiro atoms. The van der Waals surface area contributed by atoms with Gasteiger partial charge >= 0.3 is 0 Å². The van der Waals surface area contributed by atoms with Crippen LogP contribution >= 0.6 is 0 Å². The van der Waals surface area contributed by atoms with Crippen molar-refractivity contribution in [1.29, 1.82) is 0 Å². The molecular weight excluding hydrogens is 326 g/mol. The minimum absolute atomic E-state index is 0.157. The van der Waals surface area contributed by atoms with Crippen molar-refractivity contribution in [3.63, 3.8) is 0 Å². The molecule has 1 aromatic carbocycles. The molecular formula is C16H23N5O2S. The molecule has 0 amide bonds. The molecule has 0 aliphatic carbocycles. The first-order valence-corrected chi connectivity index (χ1v) is 9.65. The summed E-state index contributed by atoms with van der Waals surface area (Å²) in [5, 5.41) is 11.9. The van der Waals surface area contributed by atoms with E-state index in [4.69, 9.17) is 5.14 Å². The number of nitrogens with one attached hydrogen (secondary N) is 1. The number of piperazine rings is 1. The molecule has 130 valence electrons. The van der Waals surface area contributed by atoms with Crippen molar-refractivity contribution in [2.45, 2.75) is 17.7 Å². The number of anilines is 1. The highest BCUT2D eigenvalue weighted by Gasteiger charge is 2.17. The van der Waals surface area contributed by atoms with Gasteiger partial charge in [-0.05, 0) is 49.2 Å². The van der Waals surface area contributed by atoms with Gasteiger partial charge in [-0.3, -0.25) is 10.00 Å². The third-order valence-electron chi connectivity index (χ3n) is 4.40. The van der Waals surface area contributed by atoms with Crippen LogP contribution in [0.1, 0.15) is 12.0 Å². The summed E-state index contributed by atoms with van der Waals surface area (Å²) in [6.45, 7) is 5.01. The number of aromatic nitrogens is 2. The second-order valence-corrected chi connectivity index (χ2v) is 7.64. The Kier molecular flexibility index (Phi) is 5.17. The lowest BCUT2D eigenvalue weighted by molar-refractivity contribution is 0.255. The van der Waals surface area contributed by atoms with Crippen LogP contribution in [0.15, 0.2) is 41.6 Å². The van der Waals surface area contributed by atoms with Crippen molar-refractivity contribution >= 4 is 15.7 Å². The monoisotopic (exact) mass is 349 g/mol. The first-order chi connectivity index (χ1) is 11.5. The minimum Gasteiger partial charge on any atom is -0.369 e. The predicted molar refractivity (Wildman–Crippen MR) is 93.4 cm³/mol. The molecule has 7 nitrogen and oxygen atoms in total. The van der Waals surface area contributed by atoms with Crippen LogP contribution in [0.4, 0.5) is 5.69 Å². The van der Waals surface area contributed by atoms with Gasteiger partial charge in [-0.2, -0.15) is 5.10 Å². The van der Waals surface area contributed by atoms with E-state index < -0.39 is 10.0 Å². The summed E-state index contributed by atoms with van der Waals surface area (Å²) in [5.41, 5.74) is 2.30. The Labute approximate surface area is 142 Å². The van der Waals surface area contributed by atoms with Gasteiger partial charge in [0.25, 0.3) is 0 Å². The van der Waals surface area contributed by atoms with Gasteiger partial charge in [-0.1, -0.05) is 0 Å². The summed E-state index contributed by atoms with van der Waals surface area (Å²) < 4.78 is 22.6. The van der Waals surface area contributed by atoms with Gasteiger partial charge in [0.15, 0.2) is 0 Å². The molecule has 2 heterocycles. The third kappa shape index (κ3) is 4.34. The predicted octanol–water partition coefficient (Wildman–Crippen LogP) is 0.812. The molecule has 0 saturated carbocycles. The van der Waals surface area contributed by atoms with E-state index in [1.54, 1.807) is 12.1 Å². The van der Waals surface area contributed by atoms with Crippen molar-refractivity contribution in [3.05, 3.63) is 42.2 Å². The Balaban J connectivity index is 1.46. The molecule has 1 aromatic heterocycles. The molecule has 3 rings (SSSR count). The molecule has 0 unspecified atom stereocenters. The first kappa shape index (κ1) is 16.9. The smallest absolute Gasteiger partial charge is 0.238 e. The second kappa shape index (κ2) is 7.33. The summed E-state index contributed by atoms with van der Waals surface area (Å²) in [6, 6.07) is 6.80. The van der Waals surface area contributed by atoms with Crippen molar-refractivity contribution < 1.29 is 8.42 Å². The Hall–Kier alpha value is -1.90. The molecule has 0 radical (unpaired) electrons. The molecule has 0 bridgehead atoms. The third-order valence-corrected chi connectivity index (χ3v) is 5.33. The van der Waals surface area contributed by atoms with Crippen molar-refractivity contribution in [1.82, 2.24) is 15.1 Å². The molecule has 3 N–H and O–H groups in total. The van der Waals surface area contributed by atoms with Gasteiger partial charge in [-0.15, -0.1) is 0 Å². The molecule has 8 heteroatoms. The lowest BCUT2D eigenvalue weighted by Crippen LogP contribution is -2.46. The normalized spacial score (nSPS) is 16.5. The van der Waals surface area contributed by atoms with E-state index in [-0.39, 0.29) is 4.90 Å². The summed E-state index contributed by atoms with van der Waals surface area (Å²) in [6.07, 6.45) is 6.00. The maximum absolute atomic E-state index is 11.3. The van der Waals surface area contributed by atoms with Crippen LogP contribution in [0, 0.1) is 0 Å². The van der Waals surface area contributed by atoms with E-state index in [2.05, 4.69) is 20.0 Å². The number of nitrogens with two attached hydrogens (primary N) is 1. The molecule has 1 aliphatic rings. The molecule has 1 saturated heterocycles. The fourth-order valence-corrected chi connectivity index (χ4v) is 3.51. The summed E-state index contributed by atoms with van der Waals surface area (Å²) in [5.74, 6) is 0. The van der Waals surface area contributed by atoms with E-state index in [1.165, 1.54) is 5.56 Å². The summed E-state index contributed by atoms with van der Waals surface area (Å²) >= 11 is 0. The zero-order chi connectivity index (χ0) is 17.0. The number of rotatable bonds is 6. The Morgan fingerprint density at radius 1 is 1.12 bits per heavy atom. The van der Waals surface area contributed by atoms with Crippen LogP contribution in [0.5, 0.6) is 0 Å². The van der Waals surface area contributed by atoms with E-state index in [0.29, 0.717) is 0 Å². The number of aryl methyl sites for hydroxylation is 1. The average molecular weight is 349 g/mol. The maximum Gasteiger partial charge on any atom is 0.238 e. The summed E-state index contributed by atoms with van der Waals surface area (Å²) in [7, 11) is -3.62. The minimum atomic E-state index is -3.62. The number of sulfonamides is 1. The number of benzene rings is 1. The number of nitrogens with zero attached hydrogens (tertiary/aromatic N) is 3. The van der Waals surface area contributed by atoms with Crippen LogP contribution in [0.25, 0.3) is 0 Å². The lowest BCUT2D eigenvalue weighted by Gasteiger charge is -2.36. The van der Waals surface area contributed by atoms with Crippen LogP contribution in [-0.2, 0) is 16.4 Å². The van der Waals surface area contributed by atoms with Crippen molar-refractivity contribution in [2.24, 2.45) is 5.14 Å². The van der Waals surface area contributed by atoms with E-state index in [1.807, 2.05) is 24.5 Å². The topological polar surface area (TPSA) is 95.3 Å². The quantitative estimate of drug-likeness (QED) is 0.805. The SMILES string of the molecule is NS(=O)(=O)c1ccc(N2CCN(CCCc3cn[nH]c3)CC2)cc1. The first-order valence-electron chi connectivity index (χ1n) is 8.10. The van der Waals surface area contributed by atoms with E-state index in [9.17, 15) is 8.42 Å². The highest BCUT2D eigenvalue weighted by molar-refractivity contribution is 7.89. The van der Waals surface area contributed by atoms with E-state index in [0.717, 1.165) is 51.3 Å². The number of aromatic amines is 1. The molecule has 1 fully saturated rings. The fourth-order valence-electron chi connectivity index (χ4n) is 3.00. The van der Waals surface area contributed by atoms with Crippen molar-refractivity contribution in [3.8, 4) is 0 Å². The number of hydrogen-bond acceptors (Lipinski definition) is 5. The highest BCUT2D eigenvalue weighted by atomic mass is 32.2. The van der Waals surface area contributed by atoms with Gasteiger partial charge in [-0.25, -0.2) is 13.6 Å². The Morgan fingerprint density at radius 3 is 2.42 bits per heavy atom. The lowest BCUT2D eigenvalue weighted by atomic mass is 10.2. The zero-order valence-corrected chi connectivity index (χ0v) is 14.4. The van der Waals surface area contributed by atoms with Crippen LogP contribution in [0.2, 0.25) is 0 Å². The number of hydrogen-bond donors (Lipinski definition) is 2. The van der Waals surface area contributed by atoms with Gasteiger partial charge in [0.1, 0.15) is 0 Å². The summed E-state index contributed by atoms with van der Waals surface area (Å²) in [4.78, 5) is 4.90. The molecule has 0 atom stereocenters. The van der Waals surface area contributed by atoms with Gasteiger partial charge in [0, 0.05) is 38.1 Å². The number of primary sulfonamides is 1. The standard InChI is InChI=1S/C16H23N5O2S/c17-24(22,23)16-5-3-15(4-6-16)21-10-8-20(9-11-21)7-1-2-14-12-18-19-13-14/h3-6,12-13H,1-2,7-11H2,(H,18,19)(H2,17,22,23). The van der Waals surface area contributed by atoms with Crippen molar-refractivity contribution in [2.75, 3.05) is 37.6 Å². The van der Waals surface area contributed by atoms with Gasteiger partial charge < -0.3 is 4.90 Å². The number of H-pyrrole nitrogens is 1. The fraction of sp³-hybridized carbons (Fsp3) is 0.438. The average Bonchev–Trinajstić information content (AvgIpc) is 3.08. The van der Waals surface area contributed by atoms with Crippen LogP contribution in [0.3, 0.4) is 0 Å². The Bertz CT molecular complexity index is 735. The zero-order valence-electron chi connectivity index (χ0n) is 13.6. The van der Waals surface area contributed by atoms with Gasteiger partial charge in [0.05, 0.1) is 11.1 Å². The maximum atomic E-state index is 11.3. The van der Waals surface area contributed by atoms with E-state index >= 15 is 0 Å². The highest BCUT2D eigenvalue weighted by Crippen LogP contribution is 2.19. The molecule has 2 aromatic rings. The Morgan fingerprint density at radius 2 is 1.83 bits per heavy atom. The van der Waals surface area contributed by atoms with Crippen LogP contribution < -0.4 is 10.0 Å².